The highest BCUT2D eigenvalue weighted by atomic mass is 32.1. The Hall–Kier alpha value is -2.59. The van der Waals surface area contributed by atoms with Gasteiger partial charge in [-0.05, 0) is 34.5 Å². The molecule has 0 aliphatic carbocycles. The van der Waals surface area contributed by atoms with E-state index in [0.717, 1.165) is 26.2 Å². The number of aromatic nitrogens is 3. The van der Waals surface area contributed by atoms with Gasteiger partial charge in [0.15, 0.2) is 0 Å². The lowest BCUT2D eigenvalue weighted by Crippen LogP contribution is -2.21. The number of fused-ring (bicyclic) bond motifs is 1. The third kappa shape index (κ3) is 4.82. The molecule has 4 rings (SSSR count). The van der Waals surface area contributed by atoms with Crippen molar-refractivity contribution in [3.05, 3.63) is 63.9 Å². The zero-order valence-electron chi connectivity index (χ0n) is 15.1. The summed E-state index contributed by atoms with van der Waals surface area (Å²) < 4.78 is 36.0. The maximum atomic E-state index is 10.6. The highest BCUT2D eigenvalue weighted by molar-refractivity contribution is 7.07. The van der Waals surface area contributed by atoms with Crippen LogP contribution >= 0.6 is 11.3 Å². The molecule has 1 N–H and O–H groups in total. The number of thiophene rings is 1. The number of aryl methyl sites for hydroxylation is 1. The predicted molar refractivity (Wildman–Crippen MR) is 97.7 cm³/mol. The molecule has 0 saturated carbocycles. The molecular formula is C18H19F3N4O2S. The lowest BCUT2D eigenvalue weighted by Gasteiger charge is -2.14. The molecule has 6 nitrogen and oxygen atoms in total. The van der Waals surface area contributed by atoms with Crippen LogP contribution in [0, 0.1) is 0 Å². The average molecular weight is 412 g/mol. The number of nitrogens with zero attached hydrogens (tertiary/aromatic N) is 4. The molecule has 3 aromatic heterocycles. The molecule has 0 aromatic carbocycles. The second-order valence-corrected chi connectivity index (χ2v) is 7.21. The number of carbonyl (C=O) groups is 1. The molecule has 0 amide bonds. The smallest absolute Gasteiger partial charge is 0.475 e. The van der Waals surface area contributed by atoms with Gasteiger partial charge in [-0.15, -0.1) is 0 Å². The molecule has 28 heavy (non-hydrogen) atoms. The van der Waals surface area contributed by atoms with Crippen LogP contribution in [0.25, 0.3) is 0 Å². The van der Waals surface area contributed by atoms with E-state index in [-0.39, 0.29) is 0 Å². The van der Waals surface area contributed by atoms with Crippen molar-refractivity contribution in [1.29, 1.82) is 0 Å². The third-order valence-corrected chi connectivity index (χ3v) is 5.07. The second kappa shape index (κ2) is 8.19. The van der Waals surface area contributed by atoms with Gasteiger partial charge in [0.05, 0.1) is 17.9 Å². The Balaban J connectivity index is 0.000000279. The summed E-state index contributed by atoms with van der Waals surface area (Å²) in [6.45, 7) is 3.90. The first kappa shape index (κ1) is 20.2. The van der Waals surface area contributed by atoms with Gasteiger partial charge in [0, 0.05) is 44.6 Å². The van der Waals surface area contributed by atoms with E-state index >= 15 is 0 Å². The Bertz CT molecular complexity index is 918. The Labute approximate surface area is 163 Å². The lowest BCUT2D eigenvalue weighted by atomic mass is 10.2. The van der Waals surface area contributed by atoms with E-state index in [1.807, 2.05) is 0 Å². The van der Waals surface area contributed by atoms with Crippen LogP contribution in [-0.2, 0) is 38.0 Å². The van der Waals surface area contributed by atoms with Gasteiger partial charge in [-0.3, -0.25) is 9.58 Å². The average Bonchev–Trinajstić information content (AvgIpc) is 3.37. The van der Waals surface area contributed by atoms with E-state index in [2.05, 4.69) is 62.5 Å². The lowest BCUT2D eigenvalue weighted by molar-refractivity contribution is -0.192. The highest BCUT2D eigenvalue weighted by Crippen LogP contribution is 2.27. The number of rotatable bonds is 4. The van der Waals surface area contributed by atoms with Crippen LogP contribution in [0.2, 0.25) is 0 Å². The molecule has 3 aromatic rings. The summed E-state index contributed by atoms with van der Waals surface area (Å²) >= 11 is 1.77. The van der Waals surface area contributed by atoms with Crippen molar-refractivity contribution in [2.75, 3.05) is 0 Å². The summed E-state index contributed by atoms with van der Waals surface area (Å²) in [5.74, 6) is -2.76. The molecule has 10 heteroatoms. The number of hydrogen-bond donors (Lipinski definition) is 1. The van der Waals surface area contributed by atoms with Crippen LogP contribution < -0.4 is 0 Å². The van der Waals surface area contributed by atoms with Crippen LogP contribution in [0.4, 0.5) is 13.2 Å². The fourth-order valence-corrected chi connectivity index (χ4v) is 3.72. The fraction of sp³-hybridized carbons (Fsp3) is 0.333. The van der Waals surface area contributed by atoms with Gasteiger partial charge in [0.25, 0.3) is 0 Å². The van der Waals surface area contributed by atoms with Gasteiger partial charge < -0.3 is 9.67 Å². The van der Waals surface area contributed by atoms with Crippen LogP contribution in [0.15, 0.2) is 41.4 Å². The van der Waals surface area contributed by atoms with Crippen molar-refractivity contribution in [2.24, 2.45) is 7.05 Å². The minimum Gasteiger partial charge on any atom is -0.475 e. The Morgan fingerprint density at radius 1 is 1.25 bits per heavy atom. The standard InChI is InChI=1S/C16H18N4S.C2HF3O2/c1-18-16-11-20(8-13-4-7-21-12-13)9-14(16)15(17-18)10-19-5-2-3-6-19;3-2(4,5)1(6)7/h2-7,12H,8-11H2,1H3;(H,6,7). The monoisotopic (exact) mass is 412 g/mol. The number of halogens is 3. The van der Waals surface area contributed by atoms with Gasteiger partial charge in [-0.25, -0.2) is 4.79 Å². The molecule has 0 atom stereocenters. The maximum Gasteiger partial charge on any atom is 0.490 e. The first-order valence-electron chi connectivity index (χ1n) is 8.42. The van der Waals surface area contributed by atoms with Gasteiger partial charge in [0.2, 0.25) is 0 Å². The molecule has 150 valence electrons. The van der Waals surface area contributed by atoms with Crippen molar-refractivity contribution >= 4 is 17.3 Å². The molecule has 0 radical (unpaired) electrons. The molecule has 0 spiro atoms. The fourth-order valence-electron chi connectivity index (χ4n) is 3.06. The summed E-state index contributed by atoms with van der Waals surface area (Å²) in [5.41, 5.74) is 5.40. The number of alkyl halides is 3. The molecule has 0 saturated heterocycles. The molecule has 1 aliphatic rings. The minimum atomic E-state index is -5.08. The van der Waals surface area contributed by atoms with Gasteiger partial charge in [0.1, 0.15) is 0 Å². The van der Waals surface area contributed by atoms with E-state index in [1.165, 1.54) is 22.5 Å². The number of carboxylic acid groups (broad SMARTS) is 1. The van der Waals surface area contributed by atoms with E-state index in [4.69, 9.17) is 15.0 Å². The quantitative estimate of drug-likeness (QED) is 0.713. The highest BCUT2D eigenvalue weighted by Gasteiger charge is 2.38. The minimum absolute atomic E-state index is 0.864. The Morgan fingerprint density at radius 3 is 2.50 bits per heavy atom. The molecular weight excluding hydrogens is 393 g/mol. The van der Waals surface area contributed by atoms with Crippen molar-refractivity contribution in [2.45, 2.75) is 32.4 Å². The molecule has 0 fully saturated rings. The van der Waals surface area contributed by atoms with Crippen LogP contribution in [0.5, 0.6) is 0 Å². The van der Waals surface area contributed by atoms with E-state index in [0.29, 0.717) is 0 Å². The molecule has 0 bridgehead atoms. The topological polar surface area (TPSA) is 63.3 Å². The summed E-state index contributed by atoms with van der Waals surface area (Å²) in [6.07, 6.45) is -0.891. The van der Waals surface area contributed by atoms with Crippen molar-refractivity contribution in [3.8, 4) is 0 Å². The van der Waals surface area contributed by atoms with Crippen molar-refractivity contribution in [1.82, 2.24) is 19.2 Å². The van der Waals surface area contributed by atoms with Crippen LogP contribution in [0.3, 0.4) is 0 Å². The van der Waals surface area contributed by atoms with Gasteiger partial charge in [-0.1, -0.05) is 0 Å². The normalized spacial score (nSPS) is 13.9. The summed E-state index contributed by atoms with van der Waals surface area (Å²) in [5, 5.41) is 16.2. The zero-order valence-corrected chi connectivity index (χ0v) is 15.9. The number of aliphatic carboxylic acids is 1. The number of carboxylic acids is 1. The molecule has 0 unspecified atom stereocenters. The Kier molecular flexibility index (Phi) is 5.90. The summed E-state index contributed by atoms with van der Waals surface area (Å²) in [6, 6.07) is 6.34. The summed E-state index contributed by atoms with van der Waals surface area (Å²) in [4.78, 5) is 11.4. The first-order valence-corrected chi connectivity index (χ1v) is 9.36. The van der Waals surface area contributed by atoms with E-state index in [9.17, 15) is 13.2 Å². The SMILES string of the molecule is Cn1nc(Cn2cccc2)c2c1CN(Cc1ccsc1)C2.O=C(O)C(F)(F)F. The zero-order chi connectivity index (χ0) is 20.3. The molecule has 4 heterocycles. The number of hydrogen-bond acceptors (Lipinski definition) is 4. The van der Waals surface area contributed by atoms with Crippen molar-refractivity contribution in [3.63, 3.8) is 0 Å². The van der Waals surface area contributed by atoms with Crippen molar-refractivity contribution < 1.29 is 23.1 Å². The van der Waals surface area contributed by atoms with Gasteiger partial charge >= 0.3 is 12.1 Å². The van der Waals surface area contributed by atoms with Crippen LogP contribution in [0.1, 0.15) is 22.5 Å². The maximum absolute atomic E-state index is 10.6. The summed E-state index contributed by atoms with van der Waals surface area (Å²) in [7, 11) is 2.06. The van der Waals surface area contributed by atoms with Crippen LogP contribution in [-0.4, -0.2) is 36.5 Å². The van der Waals surface area contributed by atoms with Gasteiger partial charge in [-0.2, -0.15) is 29.6 Å². The Morgan fingerprint density at radius 2 is 1.93 bits per heavy atom. The van der Waals surface area contributed by atoms with E-state index in [1.54, 1.807) is 11.3 Å². The van der Waals surface area contributed by atoms with E-state index < -0.39 is 12.1 Å². The molecule has 1 aliphatic heterocycles. The third-order valence-electron chi connectivity index (χ3n) is 4.34. The second-order valence-electron chi connectivity index (χ2n) is 6.43. The first-order chi connectivity index (χ1) is 13.2. The largest absolute Gasteiger partial charge is 0.490 e. The predicted octanol–water partition coefficient (Wildman–Crippen LogP) is 3.48.